The van der Waals surface area contributed by atoms with Gasteiger partial charge in [0.15, 0.2) is 0 Å². The van der Waals surface area contributed by atoms with Gasteiger partial charge in [0.05, 0.1) is 6.54 Å². The minimum atomic E-state index is -4.11. The summed E-state index contributed by atoms with van der Waals surface area (Å²) >= 11 is 0. The molecule has 0 aromatic carbocycles. The molecule has 1 saturated heterocycles. The molecule has 0 aromatic rings. The Morgan fingerprint density at radius 2 is 1.79 bits per heavy atom. The van der Waals surface area contributed by atoms with Gasteiger partial charge >= 0.3 is 6.18 Å². The van der Waals surface area contributed by atoms with E-state index in [-0.39, 0.29) is 11.1 Å². The standard InChI is InChI=1S/C14H25F3N2/c1-4-13(5-2)8-18-12(3,11-6-7-11)9-19(13)10-14(15,16)17/h11,18H,4-10H2,1-3H3. The van der Waals surface area contributed by atoms with E-state index >= 15 is 0 Å². The van der Waals surface area contributed by atoms with Crippen molar-refractivity contribution in [3.63, 3.8) is 0 Å². The summed E-state index contributed by atoms with van der Waals surface area (Å²) in [6, 6.07) is 0. The molecular weight excluding hydrogens is 253 g/mol. The maximum Gasteiger partial charge on any atom is 0.401 e. The van der Waals surface area contributed by atoms with Gasteiger partial charge in [-0.2, -0.15) is 13.2 Å². The lowest BCUT2D eigenvalue weighted by molar-refractivity contribution is -0.169. The molecule has 0 spiro atoms. The molecule has 1 aliphatic heterocycles. The maximum absolute atomic E-state index is 12.9. The fraction of sp³-hybridized carbons (Fsp3) is 1.00. The SMILES string of the molecule is CCC1(CC)CNC(C)(C2CC2)CN1CC(F)(F)F. The average molecular weight is 278 g/mol. The van der Waals surface area contributed by atoms with E-state index in [1.54, 1.807) is 4.90 Å². The van der Waals surface area contributed by atoms with Crippen LogP contribution in [-0.4, -0.2) is 41.8 Å². The Hall–Kier alpha value is -0.290. The van der Waals surface area contributed by atoms with E-state index < -0.39 is 12.7 Å². The molecule has 2 rings (SSSR count). The largest absolute Gasteiger partial charge is 0.401 e. The molecule has 1 atom stereocenters. The number of hydrogen-bond acceptors (Lipinski definition) is 2. The summed E-state index contributed by atoms with van der Waals surface area (Å²) in [6.45, 7) is 6.48. The van der Waals surface area contributed by atoms with Gasteiger partial charge in [0.25, 0.3) is 0 Å². The lowest BCUT2D eigenvalue weighted by Gasteiger charge is -2.54. The van der Waals surface area contributed by atoms with Crippen LogP contribution in [0.4, 0.5) is 13.2 Å². The van der Waals surface area contributed by atoms with Crippen molar-refractivity contribution in [2.75, 3.05) is 19.6 Å². The van der Waals surface area contributed by atoms with E-state index in [1.807, 2.05) is 13.8 Å². The molecule has 0 amide bonds. The molecule has 1 heterocycles. The first-order valence-corrected chi connectivity index (χ1v) is 7.31. The van der Waals surface area contributed by atoms with Gasteiger partial charge in [-0.1, -0.05) is 13.8 Å². The third-order valence-corrected chi connectivity index (χ3v) is 5.18. The summed E-state index contributed by atoms with van der Waals surface area (Å²) in [5, 5.41) is 3.56. The predicted octanol–water partition coefficient (Wildman–Crippen LogP) is 3.18. The second kappa shape index (κ2) is 4.92. The Balaban J connectivity index is 2.18. The second-order valence-electron chi connectivity index (χ2n) is 6.45. The normalized spacial score (nSPS) is 32.5. The topological polar surface area (TPSA) is 15.3 Å². The number of nitrogens with zero attached hydrogens (tertiary/aromatic N) is 1. The number of alkyl halides is 3. The highest BCUT2D eigenvalue weighted by Gasteiger charge is 2.51. The van der Waals surface area contributed by atoms with Crippen LogP contribution in [0.1, 0.15) is 46.5 Å². The summed E-state index contributed by atoms with van der Waals surface area (Å²) in [7, 11) is 0. The minimum absolute atomic E-state index is 0.140. The van der Waals surface area contributed by atoms with Gasteiger partial charge in [-0.15, -0.1) is 0 Å². The number of hydrogen-bond donors (Lipinski definition) is 1. The van der Waals surface area contributed by atoms with Crippen LogP contribution in [0.15, 0.2) is 0 Å². The summed E-state index contributed by atoms with van der Waals surface area (Å²) in [5.74, 6) is 0.551. The number of halogens is 3. The Bertz CT molecular complexity index is 321. The van der Waals surface area contributed by atoms with Crippen LogP contribution in [0.2, 0.25) is 0 Å². The molecule has 1 aliphatic carbocycles. The van der Waals surface area contributed by atoms with Crippen molar-refractivity contribution < 1.29 is 13.2 Å². The van der Waals surface area contributed by atoms with Crippen molar-refractivity contribution in [3.8, 4) is 0 Å². The molecule has 1 unspecified atom stereocenters. The first kappa shape index (κ1) is 15.1. The molecule has 2 nitrogen and oxygen atoms in total. The van der Waals surface area contributed by atoms with E-state index in [0.29, 0.717) is 19.0 Å². The highest BCUT2D eigenvalue weighted by Crippen LogP contribution is 2.44. The van der Waals surface area contributed by atoms with Crippen molar-refractivity contribution in [1.29, 1.82) is 0 Å². The Kier molecular flexibility index (Phi) is 3.91. The van der Waals surface area contributed by atoms with Gasteiger partial charge in [-0.3, -0.25) is 4.90 Å². The van der Waals surface area contributed by atoms with Gasteiger partial charge < -0.3 is 5.32 Å². The van der Waals surface area contributed by atoms with Crippen molar-refractivity contribution in [1.82, 2.24) is 10.2 Å². The molecule has 19 heavy (non-hydrogen) atoms. The lowest BCUT2D eigenvalue weighted by atomic mass is 9.81. The van der Waals surface area contributed by atoms with Crippen molar-refractivity contribution in [3.05, 3.63) is 0 Å². The number of nitrogens with one attached hydrogen (secondary N) is 1. The zero-order chi connectivity index (χ0) is 14.3. The van der Waals surface area contributed by atoms with Crippen LogP contribution in [0.3, 0.4) is 0 Å². The lowest BCUT2D eigenvalue weighted by Crippen LogP contribution is -2.70. The number of rotatable bonds is 4. The van der Waals surface area contributed by atoms with Crippen LogP contribution in [0.5, 0.6) is 0 Å². The molecule has 0 aromatic heterocycles. The van der Waals surface area contributed by atoms with Crippen LogP contribution < -0.4 is 5.32 Å². The summed E-state index contributed by atoms with van der Waals surface area (Å²) in [5.41, 5.74) is -0.483. The summed E-state index contributed by atoms with van der Waals surface area (Å²) in [4.78, 5) is 1.70. The van der Waals surface area contributed by atoms with Gasteiger partial charge in [0, 0.05) is 24.2 Å². The molecule has 2 aliphatic rings. The van der Waals surface area contributed by atoms with E-state index in [2.05, 4.69) is 12.2 Å². The molecule has 2 fully saturated rings. The molecule has 1 saturated carbocycles. The predicted molar refractivity (Wildman–Crippen MR) is 70.1 cm³/mol. The minimum Gasteiger partial charge on any atom is -0.308 e. The molecule has 112 valence electrons. The van der Waals surface area contributed by atoms with Gasteiger partial charge in [-0.05, 0) is 38.5 Å². The highest BCUT2D eigenvalue weighted by atomic mass is 19.4. The molecule has 5 heteroatoms. The first-order chi connectivity index (χ1) is 8.75. The fourth-order valence-corrected chi connectivity index (χ4v) is 3.48. The fourth-order valence-electron chi connectivity index (χ4n) is 3.48. The molecular formula is C14H25F3N2. The number of piperazine rings is 1. The zero-order valence-corrected chi connectivity index (χ0v) is 12.1. The quantitative estimate of drug-likeness (QED) is 0.849. The maximum atomic E-state index is 12.9. The van der Waals surface area contributed by atoms with Gasteiger partial charge in [0.1, 0.15) is 0 Å². The van der Waals surface area contributed by atoms with Crippen LogP contribution in [0.25, 0.3) is 0 Å². The molecule has 0 radical (unpaired) electrons. The Labute approximate surface area is 113 Å². The van der Waals surface area contributed by atoms with E-state index in [1.165, 1.54) is 0 Å². The van der Waals surface area contributed by atoms with E-state index in [4.69, 9.17) is 0 Å². The van der Waals surface area contributed by atoms with Crippen molar-refractivity contribution in [2.24, 2.45) is 5.92 Å². The Morgan fingerprint density at radius 3 is 2.21 bits per heavy atom. The smallest absolute Gasteiger partial charge is 0.308 e. The Morgan fingerprint density at radius 1 is 1.21 bits per heavy atom. The highest BCUT2D eigenvalue weighted by molar-refractivity contribution is 5.08. The molecule has 1 N–H and O–H groups in total. The van der Waals surface area contributed by atoms with Crippen LogP contribution in [0, 0.1) is 5.92 Å². The molecule has 0 bridgehead atoms. The summed E-state index contributed by atoms with van der Waals surface area (Å²) in [6.07, 6.45) is -0.304. The van der Waals surface area contributed by atoms with Crippen LogP contribution in [-0.2, 0) is 0 Å². The monoisotopic (exact) mass is 278 g/mol. The third-order valence-electron chi connectivity index (χ3n) is 5.18. The van der Waals surface area contributed by atoms with Gasteiger partial charge in [-0.25, -0.2) is 0 Å². The zero-order valence-electron chi connectivity index (χ0n) is 12.1. The van der Waals surface area contributed by atoms with Crippen molar-refractivity contribution >= 4 is 0 Å². The van der Waals surface area contributed by atoms with E-state index in [0.717, 1.165) is 25.7 Å². The average Bonchev–Trinajstić information content (AvgIpc) is 3.12. The van der Waals surface area contributed by atoms with Crippen molar-refractivity contribution in [2.45, 2.75) is 63.7 Å². The first-order valence-electron chi connectivity index (χ1n) is 7.31. The summed E-state index contributed by atoms with van der Waals surface area (Å²) < 4.78 is 38.6. The van der Waals surface area contributed by atoms with Gasteiger partial charge in [0.2, 0.25) is 0 Å². The van der Waals surface area contributed by atoms with E-state index in [9.17, 15) is 13.2 Å². The third kappa shape index (κ3) is 3.07. The second-order valence-corrected chi connectivity index (χ2v) is 6.45. The van der Waals surface area contributed by atoms with Crippen LogP contribution >= 0.6 is 0 Å².